The van der Waals surface area contributed by atoms with Gasteiger partial charge in [-0.2, -0.15) is 0 Å². The summed E-state index contributed by atoms with van der Waals surface area (Å²) in [5.74, 6) is 2.91. The normalized spacial score (nSPS) is 18.5. The minimum atomic E-state index is 0. The van der Waals surface area contributed by atoms with Gasteiger partial charge in [0.2, 0.25) is 5.91 Å². The number of carbonyl (C=O) groups is 1. The molecule has 0 atom stereocenters. The van der Waals surface area contributed by atoms with E-state index in [0.29, 0.717) is 24.9 Å². The summed E-state index contributed by atoms with van der Waals surface area (Å²) < 4.78 is 1.97. The Hall–Kier alpha value is -1.39. The Labute approximate surface area is 191 Å². The molecule has 29 heavy (non-hydrogen) atoms. The van der Waals surface area contributed by atoms with E-state index in [-0.39, 0.29) is 24.0 Å². The quantitative estimate of drug-likeness (QED) is 0.251. The molecule has 9 heteroatoms. The van der Waals surface area contributed by atoms with Crippen LogP contribution in [0, 0.1) is 6.92 Å². The molecule has 1 amide bonds. The summed E-state index contributed by atoms with van der Waals surface area (Å²) >= 11 is 0. The van der Waals surface area contributed by atoms with Crippen LogP contribution in [0.5, 0.6) is 0 Å². The van der Waals surface area contributed by atoms with Crippen molar-refractivity contribution in [3.8, 4) is 0 Å². The number of rotatable bonds is 7. The summed E-state index contributed by atoms with van der Waals surface area (Å²) in [6.07, 6.45) is 9.95. The van der Waals surface area contributed by atoms with Gasteiger partial charge in [0.25, 0.3) is 0 Å². The highest BCUT2D eigenvalue weighted by atomic mass is 127. The van der Waals surface area contributed by atoms with Crippen LogP contribution in [-0.4, -0.2) is 57.2 Å². The maximum atomic E-state index is 12.1. The van der Waals surface area contributed by atoms with Crippen LogP contribution >= 0.6 is 24.0 Å². The number of aliphatic imine (C=N–C) groups is 1. The fourth-order valence-corrected chi connectivity index (χ4v) is 3.91. The second-order valence-corrected chi connectivity index (χ2v) is 7.98. The lowest BCUT2D eigenvalue weighted by molar-refractivity contribution is -0.130. The lowest BCUT2D eigenvalue weighted by Gasteiger charge is -2.21. The molecule has 0 spiro atoms. The Bertz CT molecular complexity index is 670. The number of nitrogens with zero attached hydrogens (tertiary/aromatic N) is 5. The molecule has 2 fully saturated rings. The van der Waals surface area contributed by atoms with Gasteiger partial charge in [-0.05, 0) is 39.0 Å². The third kappa shape index (κ3) is 7.42. The van der Waals surface area contributed by atoms with Gasteiger partial charge in [-0.25, -0.2) is 4.99 Å². The molecule has 164 valence electrons. The Morgan fingerprint density at radius 1 is 1.17 bits per heavy atom. The molecular formula is C20H36IN7O. The van der Waals surface area contributed by atoms with Gasteiger partial charge in [0.1, 0.15) is 12.4 Å². The van der Waals surface area contributed by atoms with Gasteiger partial charge in [-0.15, -0.1) is 34.2 Å². The number of aromatic nitrogens is 3. The first-order valence-corrected chi connectivity index (χ1v) is 10.8. The summed E-state index contributed by atoms with van der Waals surface area (Å²) in [6, 6.07) is 0.500. The maximum absolute atomic E-state index is 12.1. The smallest absolute Gasteiger partial charge is 0.222 e. The lowest BCUT2D eigenvalue weighted by atomic mass is 10.2. The van der Waals surface area contributed by atoms with Gasteiger partial charge >= 0.3 is 0 Å². The largest absolute Gasteiger partial charge is 0.356 e. The van der Waals surface area contributed by atoms with E-state index in [2.05, 4.69) is 20.8 Å². The first-order chi connectivity index (χ1) is 13.6. The highest BCUT2D eigenvalue weighted by molar-refractivity contribution is 14.0. The lowest BCUT2D eigenvalue weighted by Crippen LogP contribution is -2.43. The van der Waals surface area contributed by atoms with Crippen LogP contribution in [0.4, 0.5) is 0 Å². The number of amides is 1. The van der Waals surface area contributed by atoms with Gasteiger partial charge < -0.3 is 20.1 Å². The van der Waals surface area contributed by atoms with Crippen LogP contribution in [0.3, 0.4) is 0 Å². The van der Waals surface area contributed by atoms with E-state index in [1.54, 1.807) is 0 Å². The molecule has 1 aliphatic carbocycles. The summed E-state index contributed by atoms with van der Waals surface area (Å²) in [5, 5.41) is 15.3. The highest BCUT2D eigenvalue weighted by Gasteiger charge is 2.18. The molecule has 1 aromatic heterocycles. The SMILES string of the molecule is Cc1nnc(CN=C(NCCCN2CCCCCC2=O)NC2CCCC2)n1C.I. The maximum Gasteiger partial charge on any atom is 0.222 e. The zero-order chi connectivity index (χ0) is 19.8. The molecule has 0 aromatic carbocycles. The predicted octanol–water partition coefficient (Wildman–Crippen LogP) is 2.51. The first kappa shape index (κ1) is 23.9. The second-order valence-electron chi connectivity index (χ2n) is 7.98. The molecule has 2 N–H and O–H groups in total. The summed E-state index contributed by atoms with van der Waals surface area (Å²) in [7, 11) is 1.97. The van der Waals surface area contributed by atoms with E-state index in [0.717, 1.165) is 56.5 Å². The van der Waals surface area contributed by atoms with Crippen molar-refractivity contribution in [2.24, 2.45) is 12.0 Å². The number of nitrogens with one attached hydrogen (secondary N) is 2. The number of hydrogen-bond acceptors (Lipinski definition) is 4. The van der Waals surface area contributed by atoms with E-state index in [1.165, 1.54) is 32.1 Å². The van der Waals surface area contributed by atoms with Crippen LogP contribution in [0.15, 0.2) is 4.99 Å². The van der Waals surface area contributed by atoms with Crippen LogP contribution in [0.1, 0.15) is 69.4 Å². The predicted molar refractivity (Wildman–Crippen MR) is 125 cm³/mol. The Balaban J connectivity index is 0.00000300. The van der Waals surface area contributed by atoms with E-state index >= 15 is 0 Å². The van der Waals surface area contributed by atoms with Crippen molar-refractivity contribution < 1.29 is 4.79 Å². The molecule has 0 radical (unpaired) electrons. The fourth-order valence-electron chi connectivity index (χ4n) is 3.91. The van der Waals surface area contributed by atoms with Crippen molar-refractivity contribution >= 4 is 35.8 Å². The number of hydrogen-bond donors (Lipinski definition) is 2. The summed E-state index contributed by atoms with van der Waals surface area (Å²) in [6.45, 7) is 4.99. The van der Waals surface area contributed by atoms with Crippen molar-refractivity contribution in [2.45, 2.75) is 77.3 Å². The van der Waals surface area contributed by atoms with E-state index in [1.807, 2.05) is 23.4 Å². The molecular weight excluding hydrogens is 481 g/mol. The summed E-state index contributed by atoms with van der Waals surface area (Å²) in [5.41, 5.74) is 0. The minimum absolute atomic E-state index is 0. The van der Waals surface area contributed by atoms with Gasteiger partial charge in [-0.3, -0.25) is 4.79 Å². The molecule has 1 saturated carbocycles. The molecule has 0 bridgehead atoms. The molecule has 2 aliphatic rings. The van der Waals surface area contributed by atoms with Gasteiger partial charge in [-0.1, -0.05) is 19.3 Å². The van der Waals surface area contributed by atoms with Crippen molar-refractivity contribution in [3.05, 3.63) is 11.6 Å². The monoisotopic (exact) mass is 517 g/mol. The first-order valence-electron chi connectivity index (χ1n) is 10.8. The number of guanidine groups is 1. The Morgan fingerprint density at radius 2 is 1.97 bits per heavy atom. The van der Waals surface area contributed by atoms with Crippen LogP contribution in [0.25, 0.3) is 0 Å². The third-order valence-corrected chi connectivity index (χ3v) is 5.83. The number of likely N-dealkylation sites (tertiary alicyclic amines) is 1. The van der Waals surface area contributed by atoms with Crippen molar-refractivity contribution in [2.75, 3.05) is 19.6 Å². The zero-order valence-electron chi connectivity index (χ0n) is 17.8. The molecule has 2 heterocycles. The molecule has 1 aliphatic heterocycles. The minimum Gasteiger partial charge on any atom is -0.356 e. The van der Waals surface area contributed by atoms with E-state index < -0.39 is 0 Å². The highest BCUT2D eigenvalue weighted by Crippen LogP contribution is 2.17. The second kappa shape index (κ2) is 12.3. The molecule has 3 rings (SSSR count). The number of carbonyl (C=O) groups excluding carboxylic acids is 1. The van der Waals surface area contributed by atoms with E-state index in [4.69, 9.17) is 4.99 Å². The van der Waals surface area contributed by atoms with Crippen molar-refractivity contribution in [1.29, 1.82) is 0 Å². The van der Waals surface area contributed by atoms with Crippen LogP contribution in [-0.2, 0) is 18.4 Å². The van der Waals surface area contributed by atoms with Gasteiger partial charge in [0.15, 0.2) is 11.8 Å². The average Bonchev–Trinajstić information content (AvgIpc) is 3.25. The van der Waals surface area contributed by atoms with Crippen molar-refractivity contribution in [3.63, 3.8) is 0 Å². The Kier molecular flexibility index (Phi) is 10.2. The number of aryl methyl sites for hydroxylation is 1. The molecule has 0 unspecified atom stereocenters. The molecule has 1 saturated heterocycles. The van der Waals surface area contributed by atoms with Gasteiger partial charge in [0, 0.05) is 39.1 Å². The Morgan fingerprint density at radius 3 is 2.69 bits per heavy atom. The molecule has 8 nitrogen and oxygen atoms in total. The van der Waals surface area contributed by atoms with Gasteiger partial charge in [0.05, 0.1) is 0 Å². The third-order valence-electron chi connectivity index (χ3n) is 5.83. The van der Waals surface area contributed by atoms with E-state index in [9.17, 15) is 4.79 Å². The van der Waals surface area contributed by atoms with Crippen molar-refractivity contribution in [1.82, 2.24) is 30.3 Å². The van der Waals surface area contributed by atoms with Crippen LogP contribution < -0.4 is 10.6 Å². The topological polar surface area (TPSA) is 87.4 Å². The fraction of sp³-hybridized carbons (Fsp3) is 0.800. The summed E-state index contributed by atoms with van der Waals surface area (Å²) in [4.78, 5) is 18.9. The number of halogens is 1. The zero-order valence-corrected chi connectivity index (χ0v) is 20.2. The average molecular weight is 517 g/mol. The molecule has 1 aromatic rings. The standard InChI is InChI=1S/C20H35N7O.HI/c1-16-24-25-18(26(16)2)15-22-20(23-17-9-5-6-10-17)21-12-8-14-27-13-7-3-4-11-19(27)28;/h17H,3-15H2,1-2H3,(H2,21,22,23);1H. The van der Waals surface area contributed by atoms with Crippen LogP contribution in [0.2, 0.25) is 0 Å².